The maximum Gasteiger partial charge on any atom is 0.236 e. The minimum Gasteiger partial charge on any atom is -0.339 e. The molecule has 0 spiro atoms. The van der Waals surface area contributed by atoms with E-state index in [1.54, 1.807) is 0 Å². The number of hydrogen-bond donors (Lipinski definition) is 0. The molecule has 0 aliphatic carbocycles. The zero-order valence-corrected chi connectivity index (χ0v) is 18.2. The summed E-state index contributed by atoms with van der Waals surface area (Å²) in [6.45, 7) is 12.3. The molecule has 5 heteroatoms. The number of aryl methyl sites for hydroxylation is 1. The van der Waals surface area contributed by atoms with Gasteiger partial charge in [0.05, 0.1) is 6.54 Å². The fourth-order valence-electron chi connectivity index (χ4n) is 4.46. The van der Waals surface area contributed by atoms with E-state index < -0.39 is 0 Å². The number of nitrogens with zero attached hydrogens (tertiary/aromatic N) is 4. The van der Waals surface area contributed by atoms with Crippen LogP contribution in [0.2, 0.25) is 0 Å². The van der Waals surface area contributed by atoms with E-state index in [-0.39, 0.29) is 0 Å². The number of piperazine rings is 2. The Morgan fingerprint density at radius 2 is 1.27 bits per heavy atom. The monoisotopic (exact) mass is 406 g/mol. The van der Waals surface area contributed by atoms with Crippen molar-refractivity contribution in [3.63, 3.8) is 0 Å². The second-order valence-electron chi connectivity index (χ2n) is 8.68. The standard InChI is InChI=1S/C25H34N4O/c1-22-6-5-9-24(18-22)20-26-10-12-28(13-11-26)21-25(30)29-16-14-27(15-17-29)19-23-7-3-2-4-8-23/h2-9,18H,10-17,19-21H2,1H3. The zero-order valence-electron chi connectivity index (χ0n) is 18.2. The van der Waals surface area contributed by atoms with Crippen LogP contribution in [0.1, 0.15) is 16.7 Å². The third-order valence-electron chi connectivity index (χ3n) is 6.29. The lowest BCUT2D eigenvalue weighted by molar-refractivity contribution is -0.134. The molecule has 0 atom stereocenters. The highest BCUT2D eigenvalue weighted by Crippen LogP contribution is 2.12. The molecule has 2 aliphatic rings. The molecule has 2 heterocycles. The first-order chi connectivity index (χ1) is 14.7. The van der Waals surface area contributed by atoms with Gasteiger partial charge in [0.1, 0.15) is 0 Å². The van der Waals surface area contributed by atoms with Crippen molar-refractivity contribution < 1.29 is 4.79 Å². The molecule has 0 N–H and O–H groups in total. The number of carbonyl (C=O) groups excluding carboxylic acids is 1. The van der Waals surface area contributed by atoms with Gasteiger partial charge in [-0.3, -0.25) is 19.5 Å². The van der Waals surface area contributed by atoms with Gasteiger partial charge in [0, 0.05) is 65.4 Å². The van der Waals surface area contributed by atoms with Gasteiger partial charge < -0.3 is 4.90 Å². The molecule has 0 unspecified atom stereocenters. The molecule has 2 aliphatic heterocycles. The van der Waals surface area contributed by atoms with Crippen LogP contribution in [-0.4, -0.2) is 84.4 Å². The van der Waals surface area contributed by atoms with Crippen LogP contribution in [0.3, 0.4) is 0 Å². The Balaban J connectivity index is 1.16. The van der Waals surface area contributed by atoms with Crippen LogP contribution in [0.5, 0.6) is 0 Å². The Morgan fingerprint density at radius 1 is 0.700 bits per heavy atom. The Labute approximate surface area is 180 Å². The smallest absolute Gasteiger partial charge is 0.236 e. The minimum atomic E-state index is 0.293. The van der Waals surface area contributed by atoms with Crippen LogP contribution in [0.15, 0.2) is 54.6 Å². The number of carbonyl (C=O) groups is 1. The van der Waals surface area contributed by atoms with Crippen molar-refractivity contribution in [3.05, 3.63) is 71.3 Å². The van der Waals surface area contributed by atoms with Gasteiger partial charge in [-0.2, -0.15) is 0 Å². The van der Waals surface area contributed by atoms with E-state index in [2.05, 4.69) is 81.1 Å². The van der Waals surface area contributed by atoms with Crippen LogP contribution in [0.4, 0.5) is 0 Å². The van der Waals surface area contributed by atoms with Gasteiger partial charge >= 0.3 is 0 Å². The molecule has 4 rings (SSSR count). The number of rotatable bonds is 6. The molecule has 2 aromatic carbocycles. The number of benzene rings is 2. The second kappa shape index (κ2) is 10.2. The molecule has 0 bridgehead atoms. The molecule has 0 saturated carbocycles. The number of amides is 1. The predicted octanol–water partition coefficient (Wildman–Crippen LogP) is 2.46. The van der Waals surface area contributed by atoms with E-state index in [4.69, 9.17) is 0 Å². The first kappa shape index (κ1) is 21.0. The lowest BCUT2D eigenvalue weighted by Gasteiger charge is -2.38. The average Bonchev–Trinajstić information content (AvgIpc) is 2.76. The van der Waals surface area contributed by atoms with Crippen molar-refractivity contribution in [2.75, 3.05) is 58.9 Å². The van der Waals surface area contributed by atoms with Gasteiger partial charge in [0.2, 0.25) is 5.91 Å². The van der Waals surface area contributed by atoms with Gasteiger partial charge in [0.25, 0.3) is 0 Å². The van der Waals surface area contributed by atoms with Crippen LogP contribution in [-0.2, 0) is 17.9 Å². The summed E-state index contributed by atoms with van der Waals surface area (Å²) in [7, 11) is 0. The van der Waals surface area contributed by atoms with Crippen LogP contribution >= 0.6 is 0 Å². The quantitative estimate of drug-likeness (QED) is 0.737. The predicted molar refractivity (Wildman–Crippen MR) is 121 cm³/mol. The fourth-order valence-corrected chi connectivity index (χ4v) is 4.46. The number of hydrogen-bond acceptors (Lipinski definition) is 4. The normalized spacial score (nSPS) is 19.2. The van der Waals surface area contributed by atoms with E-state index in [1.807, 2.05) is 0 Å². The molecule has 0 radical (unpaired) electrons. The van der Waals surface area contributed by atoms with Crippen molar-refractivity contribution >= 4 is 5.91 Å². The summed E-state index contributed by atoms with van der Waals surface area (Å²) >= 11 is 0. The molecule has 1 amide bonds. The Morgan fingerprint density at radius 3 is 1.93 bits per heavy atom. The van der Waals surface area contributed by atoms with E-state index in [0.29, 0.717) is 12.5 Å². The maximum absolute atomic E-state index is 12.8. The highest BCUT2D eigenvalue weighted by atomic mass is 16.2. The SMILES string of the molecule is Cc1cccc(CN2CCN(CC(=O)N3CCN(Cc4ccccc4)CC3)CC2)c1. The summed E-state index contributed by atoms with van der Waals surface area (Å²) in [6, 6.07) is 19.4. The first-order valence-electron chi connectivity index (χ1n) is 11.2. The Bertz CT molecular complexity index is 809. The van der Waals surface area contributed by atoms with Gasteiger partial charge in [-0.1, -0.05) is 60.2 Å². The summed E-state index contributed by atoms with van der Waals surface area (Å²) in [5.41, 5.74) is 4.05. The summed E-state index contributed by atoms with van der Waals surface area (Å²) in [4.78, 5) is 22.1. The molecular formula is C25H34N4O. The molecule has 5 nitrogen and oxygen atoms in total. The summed E-state index contributed by atoms with van der Waals surface area (Å²) < 4.78 is 0. The lowest BCUT2D eigenvalue weighted by atomic mass is 10.1. The van der Waals surface area contributed by atoms with Crippen LogP contribution in [0.25, 0.3) is 0 Å². The third-order valence-corrected chi connectivity index (χ3v) is 6.29. The topological polar surface area (TPSA) is 30.0 Å². The maximum atomic E-state index is 12.8. The van der Waals surface area contributed by atoms with Gasteiger partial charge in [0.15, 0.2) is 0 Å². The highest BCUT2D eigenvalue weighted by Gasteiger charge is 2.24. The zero-order chi connectivity index (χ0) is 20.8. The summed E-state index contributed by atoms with van der Waals surface area (Å²) in [5.74, 6) is 0.293. The van der Waals surface area contributed by atoms with Crippen molar-refractivity contribution in [1.82, 2.24) is 19.6 Å². The lowest BCUT2D eigenvalue weighted by Crippen LogP contribution is -2.53. The van der Waals surface area contributed by atoms with Gasteiger partial charge in [-0.15, -0.1) is 0 Å². The summed E-state index contributed by atoms with van der Waals surface area (Å²) in [6.07, 6.45) is 0. The van der Waals surface area contributed by atoms with Crippen molar-refractivity contribution in [2.45, 2.75) is 20.0 Å². The van der Waals surface area contributed by atoms with Crippen molar-refractivity contribution in [2.24, 2.45) is 0 Å². The molecule has 0 aromatic heterocycles. The molecule has 2 aromatic rings. The molecule has 2 fully saturated rings. The minimum absolute atomic E-state index is 0.293. The average molecular weight is 407 g/mol. The van der Waals surface area contributed by atoms with Gasteiger partial charge in [-0.05, 0) is 18.1 Å². The Kier molecular flexibility index (Phi) is 7.16. The van der Waals surface area contributed by atoms with E-state index in [0.717, 1.165) is 65.4 Å². The van der Waals surface area contributed by atoms with Crippen molar-refractivity contribution in [1.29, 1.82) is 0 Å². The Hall–Kier alpha value is -2.21. The van der Waals surface area contributed by atoms with Crippen LogP contribution in [0, 0.1) is 6.92 Å². The molecule has 2 saturated heterocycles. The van der Waals surface area contributed by atoms with Gasteiger partial charge in [-0.25, -0.2) is 0 Å². The van der Waals surface area contributed by atoms with E-state index in [9.17, 15) is 4.79 Å². The molecular weight excluding hydrogens is 372 g/mol. The molecule has 30 heavy (non-hydrogen) atoms. The van der Waals surface area contributed by atoms with Crippen LogP contribution < -0.4 is 0 Å². The van der Waals surface area contributed by atoms with E-state index >= 15 is 0 Å². The third kappa shape index (κ3) is 5.91. The molecule has 160 valence electrons. The fraction of sp³-hybridized carbons (Fsp3) is 0.480. The highest BCUT2D eigenvalue weighted by molar-refractivity contribution is 5.78. The summed E-state index contributed by atoms with van der Waals surface area (Å²) in [5, 5.41) is 0. The van der Waals surface area contributed by atoms with E-state index in [1.165, 1.54) is 16.7 Å². The van der Waals surface area contributed by atoms with Crippen molar-refractivity contribution in [3.8, 4) is 0 Å². The largest absolute Gasteiger partial charge is 0.339 e. The second-order valence-corrected chi connectivity index (χ2v) is 8.68. The first-order valence-corrected chi connectivity index (χ1v) is 11.2.